The summed E-state index contributed by atoms with van der Waals surface area (Å²) in [6, 6.07) is 0. The maximum atomic E-state index is 11.8. The number of nitrogens with zero attached hydrogens (tertiary/aromatic N) is 4. The first-order valence-electron chi connectivity index (χ1n) is 8.35. The number of fused-ring (bicyclic) bond motifs is 1. The second kappa shape index (κ2) is 8.34. The maximum absolute atomic E-state index is 11.8. The lowest BCUT2D eigenvalue weighted by atomic mass is 10.1. The first-order chi connectivity index (χ1) is 13.5. The predicted molar refractivity (Wildman–Crippen MR) is 95.1 cm³/mol. The number of ether oxygens (including phenoxy) is 2. The Hall–Kier alpha value is -1.47. The average Bonchev–Trinajstić information content (AvgIpc) is 3.15. The van der Waals surface area contributed by atoms with Gasteiger partial charge in [-0.3, -0.25) is 13.7 Å². The molecule has 2 aromatic heterocycles. The molecule has 16 heteroatoms. The van der Waals surface area contributed by atoms with Gasteiger partial charge in [-0.05, 0) is 6.92 Å². The van der Waals surface area contributed by atoms with Crippen LogP contribution in [0.2, 0.25) is 0 Å². The highest BCUT2D eigenvalue weighted by Crippen LogP contribution is 2.55. The molecule has 5 N–H and O–H groups in total. The summed E-state index contributed by atoms with van der Waals surface area (Å²) in [6.45, 7) is 1.42. The molecule has 1 aliphatic rings. The quantitative estimate of drug-likeness (QED) is 0.309. The van der Waals surface area contributed by atoms with Crippen molar-refractivity contribution in [3.8, 4) is 5.88 Å². The average molecular weight is 454 g/mol. The van der Waals surface area contributed by atoms with Gasteiger partial charge in [-0.2, -0.15) is 4.98 Å². The molecule has 14 nitrogen and oxygen atoms in total. The van der Waals surface area contributed by atoms with Crippen LogP contribution in [0.4, 0.5) is 0 Å². The Morgan fingerprint density at radius 1 is 1.17 bits per heavy atom. The molecule has 29 heavy (non-hydrogen) atoms. The summed E-state index contributed by atoms with van der Waals surface area (Å²) >= 11 is 0. The van der Waals surface area contributed by atoms with E-state index in [1.165, 1.54) is 17.2 Å². The highest BCUT2D eigenvalue weighted by atomic mass is 31.2. The molecule has 5 atom stereocenters. The highest BCUT2D eigenvalue weighted by Gasteiger charge is 2.45. The molecule has 1 fully saturated rings. The van der Waals surface area contributed by atoms with Crippen LogP contribution in [0.5, 0.6) is 5.88 Å². The van der Waals surface area contributed by atoms with Crippen molar-refractivity contribution in [3.63, 3.8) is 0 Å². The Bertz CT molecular complexity index is 964. The van der Waals surface area contributed by atoms with E-state index >= 15 is 0 Å². The van der Waals surface area contributed by atoms with E-state index in [2.05, 4.69) is 19.5 Å². The summed E-state index contributed by atoms with van der Waals surface area (Å²) in [5.41, 5.74) is 0.566. The van der Waals surface area contributed by atoms with Gasteiger partial charge in [0.15, 0.2) is 23.3 Å². The third-order valence-electron chi connectivity index (χ3n) is 4.02. The third kappa shape index (κ3) is 5.00. The van der Waals surface area contributed by atoms with Crippen molar-refractivity contribution in [2.45, 2.75) is 31.5 Å². The zero-order valence-corrected chi connectivity index (χ0v) is 16.8. The normalized spacial score (nSPS) is 27.2. The number of rotatable bonds is 8. The summed E-state index contributed by atoms with van der Waals surface area (Å²) in [4.78, 5) is 39.3. The van der Waals surface area contributed by atoms with Crippen molar-refractivity contribution in [2.24, 2.45) is 0 Å². The molecule has 0 radical (unpaired) electrons. The van der Waals surface area contributed by atoms with Gasteiger partial charge < -0.3 is 38.9 Å². The van der Waals surface area contributed by atoms with Crippen molar-refractivity contribution in [2.75, 3.05) is 19.1 Å². The van der Waals surface area contributed by atoms with Gasteiger partial charge in [0.25, 0.3) is 0 Å². The van der Waals surface area contributed by atoms with Crippen LogP contribution in [0.25, 0.3) is 11.2 Å². The van der Waals surface area contributed by atoms with Crippen LogP contribution < -0.4 is 4.74 Å². The van der Waals surface area contributed by atoms with Gasteiger partial charge in [0.05, 0.1) is 19.5 Å². The number of aliphatic hydroxyl groups is 2. The topological polar surface area (TPSA) is 207 Å². The minimum atomic E-state index is -4.79. The van der Waals surface area contributed by atoms with E-state index in [4.69, 9.17) is 19.3 Å². The van der Waals surface area contributed by atoms with Crippen LogP contribution in [0.3, 0.4) is 0 Å². The molecule has 0 spiro atoms. The highest BCUT2D eigenvalue weighted by molar-refractivity contribution is 7.70. The second-order valence-corrected chi connectivity index (χ2v) is 10.2. The van der Waals surface area contributed by atoms with E-state index in [0.717, 1.165) is 0 Å². The maximum Gasteiger partial charge on any atom is 0.340 e. The Kier molecular flexibility index (Phi) is 6.39. The molecule has 3 rings (SSSR count). The summed E-state index contributed by atoms with van der Waals surface area (Å²) in [5, 5.41) is 20.5. The molecule has 0 amide bonds. The molecule has 3 heterocycles. The van der Waals surface area contributed by atoms with Gasteiger partial charge >= 0.3 is 15.2 Å². The van der Waals surface area contributed by atoms with Crippen LogP contribution in [0.15, 0.2) is 12.7 Å². The lowest BCUT2D eigenvalue weighted by Gasteiger charge is -2.18. The molecule has 1 saturated heterocycles. The smallest absolute Gasteiger partial charge is 0.340 e. The number of hydrogen-bond acceptors (Lipinski definition) is 10. The second-order valence-electron chi connectivity index (χ2n) is 6.22. The van der Waals surface area contributed by atoms with Crippen molar-refractivity contribution in [3.05, 3.63) is 12.7 Å². The van der Waals surface area contributed by atoms with Crippen LogP contribution in [0.1, 0.15) is 13.2 Å². The lowest BCUT2D eigenvalue weighted by Crippen LogP contribution is -2.33. The molecule has 0 aliphatic carbocycles. The number of hydrogen-bond donors (Lipinski definition) is 5. The molecule has 1 aliphatic heterocycles. The van der Waals surface area contributed by atoms with Gasteiger partial charge in [-0.15, -0.1) is 0 Å². The van der Waals surface area contributed by atoms with Crippen molar-refractivity contribution in [1.29, 1.82) is 0 Å². The Labute approximate surface area is 163 Å². The zero-order chi connectivity index (χ0) is 21.4. The minimum absolute atomic E-state index is 0.225. The van der Waals surface area contributed by atoms with Gasteiger partial charge in [0.1, 0.15) is 24.6 Å². The molecule has 1 unspecified atom stereocenters. The predicted octanol–water partition coefficient (Wildman–Crippen LogP) is -0.819. The minimum Gasteiger partial charge on any atom is -0.476 e. The van der Waals surface area contributed by atoms with Crippen LogP contribution >= 0.6 is 15.2 Å². The summed E-state index contributed by atoms with van der Waals surface area (Å²) in [6.07, 6.45) is -2.86. The van der Waals surface area contributed by atoms with Gasteiger partial charge in [-0.25, -0.2) is 9.97 Å². The van der Waals surface area contributed by atoms with Crippen LogP contribution in [-0.4, -0.2) is 81.8 Å². The molecule has 0 bridgehead atoms. The molecular weight excluding hydrogens is 434 g/mol. The Morgan fingerprint density at radius 3 is 2.55 bits per heavy atom. The van der Waals surface area contributed by atoms with Crippen molar-refractivity contribution in [1.82, 2.24) is 19.5 Å². The van der Waals surface area contributed by atoms with Gasteiger partial charge in [0.2, 0.25) is 5.88 Å². The third-order valence-corrected chi connectivity index (χ3v) is 7.48. The zero-order valence-electron chi connectivity index (χ0n) is 15.0. The molecule has 2 aromatic rings. The van der Waals surface area contributed by atoms with Gasteiger partial charge in [0, 0.05) is 0 Å². The number of aliphatic hydroxyl groups excluding tert-OH is 2. The van der Waals surface area contributed by atoms with Crippen LogP contribution in [0, 0.1) is 0 Å². The van der Waals surface area contributed by atoms with E-state index in [-0.39, 0.29) is 11.5 Å². The first-order valence-corrected chi connectivity index (χ1v) is 11.9. The van der Waals surface area contributed by atoms with Crippen LogP contribution in [-0.2, 0) is 18.4 Å². The van der Waals surface area contributed by atoms with E-state index in [0.29, 0.717) is 12.1 Å². The fourth-order valence-corrected chi connectivity index (χ4v) is 5.39. The Morgan fingerprint density at radius 2 is 1.90 bits per heavy atom. The van der Waals surface area contributed by atoms with E-state index in [9.17, 15) is 24.2 Å². The number of aromatic nitrogens is 4. The van der Waals surface area contributed by atoms with Crippen molar-refractivity contribution < 1.29 is 48.0 Å². The fourth-order valence-electron chi connectivity index (χ4n) is 2.82. The monoisotopic (exact) mass is 454 g/mol. The van der Waals surface area contributed by atoms with Crippen molar-refractivity contribution >= 4 is 26.4 Å². The lowest BCUT2D eigenvalue weighted by molar-refractivity contribution is -0.0483. The largest absolute Gasteiger partial charge is 0.476 e. The molecular formula is C13H20N4O10P2. The first kappa shape index (κ1) is 22.2. The Balaban J connectivity index is 1.76. The fraction of sp³-hybridized carbons (Fsp3) is 0.615. The molecule has 0 aromatic carbocycles. The summed E-state index contributed by atoms with van der Waals surface area (Å²) in [5.74, 6) is -1.15. The van der Waals surface area contributed by atoms with E-state index < -0.39 is 52.2 Å². The summed E-state index contributed by atoms with van der Waals surface area (Å²) in [7, 11) is -9.43. The van der Waals surface area contributed by atoms with E-state index in [1.807, 2.05) is 0 Å². The SMILES string of the molecule is CCOc1ncnc2c1ncn2[C@@H]1O[C@H](COP(=O)(O)CP(=O)(O)O)[C@@H](O)[C@H]1O. The van der Waals surface area contributed by atoms with Gasteiger partial charge in [-0.1, -0.05) is 0 Å². The molecule has 162 valence electrons. The molecule has 0 saturated carbocycles. The number of imidazole rings is 1. The summed E-state index contributed by atoms with van der Waals surface area (Å²) < 4.78 is 39.5. The van der Waals surface area contributed by atoms with E-state index in [1.54, 1.807) is 6.92 Å². The standard InChI is InChI=1S/C13H20N4O10P2/c1-2-25-12-8-11(14-4-15-12)17(5-16-8)13-10(19)9(18)7(27-13)3-26-29(23,24)6-28(20,21)22/h4-5,7,9-10,13,18-19H,2-3,6H2,1H3,(H,23,24)(H2,20,21,22)/t7-,9-,10-,13-/m1/s1.